The molecular formula is C25H27N7. The monoisotopic (exact) mass is 425 g/mol. The number of rotatable bonds is 9. The number of allylic oxidation sites excluding steroid dienone is 2. The van der Waals surface area contributed by atoms with Gasteiger partial charge in [-0.3, -0.25) is 0 Å². The standard InChI is InChI=1S/C25H27N7/c1-3-5-11-23-26-24(12-6-4-2)32(29-23)18-20-15-13-19(14-16-20)17-21-9-7-8-10-22(21)25-27-30-31-28-25/h5-16H,3-4,17-18H2,1-2H3,(H,27,28,30,31). The third-order valence-electron chi connectivity index (χ3n) is 5.09. The second-order valence-corrected chi connectivity index (χ2v) is 7.51. The van der Waals surface area contributed by atoms with Gasteiger partial charge in [-0.05, 0) is 58.5 Å². The summed E-state index contributed by atoms with van der Waals surface area (Å²) >= 11 is 0. The van der Waals surface area contributed by atoms with E-state index >= 15 is 0 Å². The van der Waals surface area contributed by atoms with E-state index in [4.69, 9.17) is 0 Å². The molecule has 7 heteroatoms. The number of H-pyrrole nitrogens is 1. The Balaban J connectivity index is 1.51. The van der Waals surface area contributed by atoms with E-state index < -0.39 is 0 Å². The Kier molecular flexibility index (Phi) is 6.97. The van der Waals surface area contributed by atoms with Crippen molar-refractivity contribution in [2.45, 2.75) is 39.7 Å². The highest BCUT2D eigenvalue weighted by molar-refractivity contribution is 5.60. The summed E-state index contributed by atoms with van der Waals surface area (Å²) in [6, 6.07) is 16.8. The van der Waals surface area contributed by atoms with Crippen LogP contribution in [0.25, 0.3) is 23.5 Å². The predicted molar refractivity (Wildman–Crippen MR) is 127 cm³/mol. The fourth-order valence-corrected chi connectivity index (χ4v) is 3.46. The van der Waals surface area contributed by atoms with Gasteiger partial charge in [-0.2, -0.15) is 5.10 Å². The van der Waals surface area contributed by atoms with E-state index in [-0.39, 0.29) is 0 Å². The molecule has 162 valence electrons. The van der Waals surface area contributed by atoms with Crippen molar-refractivity contribution in [3.8, 4) is 11.4 Å². The lowest BCUT2D eigenvalue weighted by Gasteiger charge is -2.08. The van der Waals surface area contributed by atoms with Crippen molar-refractivity contribution in [1.82, 2.24) is 35.4 Å². The second kappa shape index (κ2) is 10.4. The highest BCUT2D eigenvalue weighted by atomic mass is 15.5. The minimum absolute atomic E-state index is 0.678. The maximum atomic E-state index is 4.67. The van der Waals surface area contributed by atoms with Gasteiger partial charge in [0.2, 0.25) is 0 Å². The van der Waals surface area contributed by atoms with Crippen LogP contribution in [0.2, 0.25) is 0 Å². The summed E-state index contributed by atoms with van der Waals surface area (Å²) in [7, 11) is 0. The van der Waals surface area contributed by atoms with E-state index in [1.165, 1.54) is 16.7 Å². The number of nitrogens with one attached hydrogen (secondary N) is 1. The Morgan fingerprint density at radius 2 is 1.66 bits per heavy atom. The van der Waals surface area contributed by atoms with Crippen LogP contribution in [0.3, 0.4) is 0 Å². The van der Waals surface area contributed by atoms with Gasteiger partial charge in [-0.1, -0.05) is 74.5 Å². The first-order valence-electron chi connectivity index (χ1n) is 10.9. The van der Waals surface area contributed by atoms with Crippen LogP contribution < -0.4 is 0 Å². The Morgan fingerprint density at radius 1 is 0.906 bits per heavy atom. The van der Waals surface area contributed by atoms with Crippen molar-refractivity contribution >= 4 is 12.2 Å². The van der Waals surface area contributed by atoms with Crippen molar-refractivity contribution in [2.24, 2.45) is 0 Å². The SMILES string of the molecule is CCC=Cc1nc(C=CCC)n(Cc2ccc(Cc3ccccc3-c3nnn[nH]3)cc2)n1. The molecule has 0 atom stereocenters. The number of benzene rings is 2. The summed E-state index contributed by atoms with van der Waals surface area (Å²) in [5, 5.41) is 19.0. The van der Waals surface area contributed by atoms with E-state index in [2.05, 4.69) is 87.0 Å². The quantitative estimate of drug-likeness (QED) is 0.410. The maximum Gasteiger partial charge on any atom is 0.179 e. The average Bonchev–Trinajstić information content (AvgIpc) is 3.48. The van der Waals surface area contributed by atoms with Crippen molar-refractivity contribution in [3.63, 3.8) is 0 Å². The van der Waals surface area contributed by atoms with E-state index in [1.54, 1.807) is 0 Å². The lowest BCUT2D eigenvalue weighted by atomic mass is 9.98. The molecule has 0 fully saturated rings. The van der Waals surface area contributed by atoms with E-state index in [9.17, 15) is 0 Å². The molecule has 1 N–H and O–H groups in total. The summed E-state index contributed by atoms with van der Waals surface area (Å²) < 4.78 is 1.96. The van der Waals surface area contributed by atoms with Crippen molar-refractivity contribution in [3.05, 3.63) is 89.0 Å². The zero-order valence-corrected chi connectivity index (χ0v) is 18.4. The van der Waals surface area contributed by atoms with Gasteiger partial charge in [0.25, 0.3) is 0 Å². The average molecular weight is 426 g/mol. The van der Waals surface area contributed by atoms with Crippen LogP contribution in [0, 0.1) is 0 Å². The van der Waals surface area contributed by atoms with Gasteiger partial charge in [0.05, 0.1) is 6.54 Å². The molecule has 0 saturated heterocycles. The summed E-state index contributed by atoms with van der Waals surface area (Å²) in [6.07, 6.45) is 10.9. The first-order chi connectivity index (χ1) is 15.8. The Morgan fingerprint density at radius 3 is 2.41 bits per heavy atom. The van der Waals surface area contributed by atoms with Crippen LogP contribution in [0.4, 0.5) is 0 Å². The summed E-state index contributed by atoms with van der Waals surface area (Å²) in [6.45, 7) is 4.90. The lowest BCUT2D eigenvalue weighted by Crippen LogP contribution is -2.04. The van der Waals surface area contributed by atoms with Gasteiger partial charge in [0, 0.05) is 5.56 Å². The molecule has 0 aliphatic heterocycles. The number of nitrogens with zero attached hydrogens (tertiary/aromatic N) is 6. The highest BCUT2D eigenvalue weighted by Gasteiger charge is 2.10. The smallest absolute Gasteiger partial charge is 0.179 e. The number of hydrogen-bond acceptors (Lipinski definition) is 5. The minimum atomic E-state index is 0.678. The molecule has 0 unspecified atom stereocenters. The van der Waals surface area contributed by atoms with Gasteiger partial charge >= 0.3 is 0 Å². The number of aromatic nitrogens is 7. The predicted octanol–water partition coefficient (Wildman–Crippen LogP) is 4.94. The zero-order valence-electron chi connectivity index (χ0n) is 18.4. The van der Waals surface area contributed by atoms with Gasteiger partial charge in [0.15, 0.2) is 17.5 Å². The Labute approximate surface area is 187 Å². The molecule has 4 aromatic rings. The number of tetrazole rings is 1. The van der Waals surface area contributed by atoms with Crippen molar-refractivity contribution < 1.29 is 0 Å². The van der Waals surface area contributed by atoms with E-state index in [0.717, 1.165) is 36.5 Å². The summed E-state index contributed by atoms with van der Waals surface area (Å²) in [5.41, 5.74) is 4.60. The van der Waals surface area contributed by atoms with Crippen LogP contribution in [-0.2, 0) is 13.0 Å². The molecule has 0 radical (unpaired) electrons. The molecule has 0 amide bonds. The van der Waals surface area contributed by atoms with E-state index in [1.807, 2.05) is 35.0 Å². The molecule has 2 aromatic heterocycles. The topological polar surface area (TPSA) is 85.2 Å². The van der Waals surface area contributed by atoms with Crippen LogP contribution in [0.1, 0.15) is 55.0 Å². The van der Waals surface area contributed by atoms with Crippen LogP contribution in [0.15, 0.2) is 60.7 Å². The fourth-order valence-electron chi connectivity index (χ4n) is 3.46. The minimum Gasteiger partial charge on any atom is -0.241 e. The maximum absolute atomic E-state index is 4.67. The normalized spacial score (nSPS) is 11.7. The molecule has 7 nitrogen and oxygen atoms in total. The molecule has 0 saturated carbocycles. The zero-order chi connectivity index (χ0) is 22.2. The molecule has 0 aliphatic rings. The lowest BCUT2D eigenvalue weighted by molar-refractivity contribution is 0.676. The Bertz CT molecular complexity index is 1190. The number of aromatic amines is 1. The molecule has 0 bridgehead atoms. The van der Waals surface area contributed by atoms with Gasteiger partial charge in [0.1, 0.15) is 0 Å². The van der Waals surface area contributed by atoms with Gasteiger partial charge < -0.3 is 0 Å². The molecule has 2 aromatic carbocycles. The molecule has 32 heavy (non-hydrogen) atoms. The summed E-state index contributed by atoms with van der Waals surface area (Å²) in [4.78, 5) is 4.65. The molecule has 0 spiro atoms. The van der Waals surface area contributed by atoms with Crippen LogP contribution in [-0.4, -0.2) is 35.4 Å². The van der Waals surface area contributed by atoms with Crippen molar-refractivity contribution in [1.29, 1.82) is 0 Å². The first kappa shape index (κ1) is 21.4. The number of hydrogen-bond donors (Lipinski definition) is 1. The summed E-state index contributed by atoms with van der Waals surface area (Å²) in [5.74, 6) is 2.31. The van der Waals surface area contributed by atoms with Crippen molar-refractivity contribution in [2.75, 3.05) is 0 Å². The van der Waals surface area contributed by atoms with Gasteiger partial charge in [-0.15, -0.1) is 5.10 Å². The third kappa shape index (κ3) is 5.24. The highest BCUT2D eigenvalue weighted by Crippen LogP contribution is 2.22. The molecule has 4 rings (SSSR count). The fraction of sp³-hybridized carbons (Fsp3) is 0.240. The largest absolute Gasteiger partial charge is 0.241 e. The molecule has 0 aliphatic carbocycles. The second-order valence-electron chi connectivity index (χ2n) is 7.51. The first-order valence-corrected chi connectivity index (χ1v) is 10.9. The third-order valence-corrected chi connectivity index (χ3v) is 5.09. The van der Waals surface area contributed by atoms with Gasteiger partial charge in [-0.25, -0.2) is 14.8 Å². The van der Waals surface area contributed by atoms with Crippen LogP contribution >= 0.6 is 0 Å². The molecule has 2 heterocycles. The Hall–Kier alpha value is -3.87. The van der Waals surface area contributed by atoms with Crippen LogP contribution in [0.5, 0.6) is 0 Å². The van der Waals surface area contributed by atoms with E-state index in [0.29, 0.717) is 12.4 Å². The molecular weight excluding hydrogens is 398 g/mol.